The summed E-state index contributed by atoms with van der Waals surface area (Å²) in [6.07, 6.45) is 0. The molecule has 1 N–H and O–H groups in total. The third-order valence-corrected chi connectivity index (χ3v) is 6.02. The van der Waals surface area contributed by atoms with Crippen LogP contribution in [0.5, 0.6) is 5.75 Å². The van der Waals surface area contributed by atoms with E-state index in [-0.39, 0.29) is 6.04 Å². The number of sulfonamides is 1. The summed E-state index contributed by atoms with van der Waals surface area (Å²) in [6, 6.07) is 9.23. The molecule has 2 rings (SSSR count). The maximum Gasteiger partial charge on any atom is 0.241 e. The predicted octanol–water partition coefficient (Wildman–Crippen LogP) is 3.97. The smallest absolute Gasteiger partial charge is 0.241 e. The normalized spacial score (nSPS) is 12.9. The molecule has 0 unspecified atom stereocenters. The first kappa shape index (κ1) is 18.5. The highest BCUT2D eigenvalue weighted by Crippen LogP contribution is 2.28. The molecule has 0 aliphatic rings. The Hall–Kier alpha value is -1.85. The Morgan fingerprint density at radius 2 is 1.54 bits per heavy atom. The molecule has 5 heteroatoms. The molecular formula is C19H25NO3S. The highest BCUT2D eigenvalue weighted by molar-refractivity contribution is 7.89. The lowest BCUT2D eigenvalue weighted by Gasteiger charge is -2.19. The maximum atomic E-state index is 12.9. The van der Waals surface area contributed by atoms with E-state index in [1.807, 2.05) is 39.0 Å². The minimum absolute atomic E-state index is 0.309. The molecule has 2 aromatic rings. The second kappa shape index (κ2) is 6.95. The minimum atomic E-state index is -3.63. The zero-order valence-electron chi connectivity index (χ0n) is 15.1. The van der Waals surface area contributed by atoms with Gasteiger partial charge in [-0.15, -0.1) is 0 Å². The van der Waals surface area contributed by atoms with Crippen molar-refractivity contribution in [1.82, 2.24) is 4.72 Å². The van der Waals surface area contributed by atoms with E-state index < -0.39 is 10.0 Å². The Morgan fingerprint density at radius 3 is 2.08 bits per heavy atom. The van der Waals surface area contributed by atoms with Gasteiger partial charge in [-0.3, -0.25) is 0 Å². The van der Waals surface area contributed by atoms with Gasteiger partial charge in [0.1, 0.15) is 5.75 Å². The van der Waals surface area contributed by atoms with Gasteiger partial charge in [0.15, 0.2) is 0 Å². The highest BCUT2D eigenvalue weighted by Gasteiger charge is 2.23. The van der Waals surface area contributed by atoms with Crippen LogP contribution in [-0.2, 0) is 10.0 Å². The van der Waals surface area contributed by atoms with Crippen molar-refractivity contribution in [2.75, 3.05) is 7.11 Å². The van der Waals surface area contributed by atoms with Crippen molar-refractivity contribution in [3.63, 3.8) is 0 Å². The Kier molecular flexibility index (Phi) is 5.35. The summed E-state index contributed by atoms with van der Waals surface area (Å²) in [7, 11) is -2.06. The zero-order valence-corrected chi connectivity index (χ0v) is 15.9. The first-order chi connectivity index (χ1) is 11.2. The monoisotopic (exact) mass is 347 g/mol. The van der Waals surface area contributed by atoms with Crippen molar-refractivity contribution in [1.29, 1.82) is 0 Å². The van der Waals surface area contributed by atoms with Crippen LogP contribution in [-0.4, -0.2) is 15.5 Å². The first-order valence-corrected chi connectivity index (χ1v) is 9.38. The van der Waals surface area contributed by atoms with E-state index in [4.69, 9.17) is 4.74 Å². The average molecular weight is 347 g/mol. The summed E-state index contributed by atoms with van der Waals surface area (Å²) in [4.78, 5) is 0.320. The van der Waals surface area contributed by atoms with Gasteiger partial charge in [0.2, 0.25) is 10.0 Å². The number of methoxy groups -OCH3 is 1. The van der Waals surface area contributed by atoms with E-state index >= 15 is 0 Å². The number of benzene rings is 2. The number of hydrogen-bond donors (Lipinski definition) is 1. The summed E-state index contributed by atoms with van der Waals surface area (Å²) in [5.74, 6) is 0.659. The number of hydrogen-bond acceptors (Lipinski definition) is 3. The molecule has 0 aromatic heterocycles. The molecule has 2 aromatic carbocycles. The van der Waals surface area contributed by atoms with Crippen LogP contribution in [0, 0.1) is 27.7 Å². The molecule has 0 saturated carbocycles. The average Bonchev–Trinajstić information content (AvgIpc) is 2.47. The first-order valence-electron chi connectivity index (χ1n) is 7.90. The van der Waals surface area contributed by atoms with E-state index in [2.05, 4.69) is 4.72 Å². The summed E-state index contributed by atoms with van der Waals surface area (Å²) in [5, 5.41) is 0. The molecule has 0 heterocycles. The van der Waals surface area contributed by atoms with Gasteiger partial charge in [-0.2, -0.15) is 0 Å². The highest BCUT2D eigenvalue weighted by atomic mass is 32.2. The molecule has 4 nitrogen and oxygen atoms in total. The van der Waals surface area contributed by atoms with Crippen LogP contribution < -0.4 is 9.46 Å². The fourth-order valence-electron chi connectivity index (χ4n) is 3.03. The molecule has 0 amide bonds. The summed E-state index contributed by atoms with van der Waals surface area (Å²) in [5.41, 5.74) is 4.51. The quantitative estimate of drug-likeness (QED) is 0.890. The lowest BCUT2D eigenvalue weighted by Crippen LogP contribution is -2.28. The molecule has 0 aliphatic carbocycles. The molecule has 0 radical (unpaired) electrons. The standard InChI is InChI=1S/C19H25NO3S/c1-12-7-8-13(2)18(9-12)16(5)20-24(21,22)19-14(3)10-17(23-6)11-15(19)4/h7-11,16,20H,1-6H3/t16-/m1/s1. The van der Waals surface area contributed by atoms with Gasteiger partial charge in [0, 0.05) is 6.04 Å². The molecule has 24 heavy (non-hydrogen) atoms. The van der Waals surface area contributed by atoms with Crippen molar-refractivity contribution in [3.05, 3.63) is 58.1 Å². The third kappa shape index (κ3) is 3.79. The van der Waals surface area contributed by atoms with Gasteiger partial charge in [0.25, 0.3) is 0 Å². The van der Waals surface area contributed by atoms with Crippen molar-refractivity contribution in [3.8, 4) is 5.75 Å². The minimum Gasteiger partial charge on any atom is -0.497 e. The van der Waals surface area contributed by atoms with Crippen LogP contribution in [0.2, 0.25) is 0 Å². The van der Waals surface area contributed by atoms with Gasteiger partial charge < -0.3 is 4.74 Å². The molecule has 0 fully saturated rings. The van der Waals surface area contributed by atoms with Crippen LogP contribution in [0.1, 0.15) is 40.8 Å². The number of ether oxygens (including phenoxy) is 1. The van der Waals surface area contributed by atoms with Gasteiger partial charge in [-0.1, -0.05) is 23.8 Å². The molecule has 0 aliphatic heterocycles. The van der Waals surface area contributed by atoms with Crippen LogP contribution in [0.15, 0.2) is 35.2 Å². The fraction of sp³-hybridized carbons (Fsp3) is 0.368. The van der Waals surface area contributed by atoms with Gasteiger partial charge in [0.05, 0.1) is 12.0 Å². The molecule has 130 valence electrons. The van der Waals surface area contributed by atoms with Crippen molar-refractivity contribution < 1.29 is 13.2 Å². The van der Waals surface area contributed by atoms with Gasteiger partial charge >= 0.3 is 0 Å². The van der Waals surface area contributed by atoms with E-state index in [0.29, 0.717) is 21.8 Å². The SMILES string of the molecule is COc1cc(C)c(S(=O)(=O)N[C@H](C)c2cc(C)ccc2C)c(C)c1. The molecular weight excluding hydrogens is 322 g/mol. The van der Waals surface area contributed by atoms with Crippen LogP contribution >= 0.6 is 0 Å². The summed E-state index contributed by atoms with van der Waals surface area (Å²) < 4.78 is 33.8. The summed E-state index contributed by atoms with van der Waals surface area (Å²) in [6.45, 7) is 9.43. The van der Waals surface area contributed by atoms with Crippen LogP contribution in [0.3, 0.4) is 0 Å². The van der Waals surface area contributed by atoms with E-state index in [9.17, 15) is 8.42 Å². The Bertz CT molecular complexity index is 834. The number of aryl methyl sites for hydroxylation is 4. The largest absolute Gasteiger partial charge is 0.497 e. The third-order valence-electron chi connectivity index (χ3n) is 4.17. The van der Waals surface area contributed by atoms with Crippen molar-refractivity contribution >= 4 is 10.0 Å². The second-order valence-electron chi connectivity index (χ2n) is 6.29. The maximum absolute atomic E-state index is 12.9. The van der Waals surface area contributed by atoms with E-state index in [1.54, 1.807) is 33.1 Å². The Balaban J connectivity index is 2.40. The zero-order chi connectivity index (χ0) is 18.1. The van der Waals surface area contributed by atoms with E-state index in [0.717, 1.165) is 16.7 Å². The molecule has 1 atom stereocenters. The lowest BCUT2D eigenvalue weighted by molar-refractivity contribution is 0.413. The number of rotatable bonds is 5. The Labute approximate surface area is 144 Å². The van der Waals surface area contributed by atoms with Crippen LogP contribution in [0.25, 0.3) is 0 Å². The second-order valence-corrected chi connectivity index (χ2v) is 7.94. The van der Waals surface area contributed by atoms with Crippen molar-refractivity contribution in [2.45, 2.75) is 45.6 Å². The Morgan fingerprint density at radius 1 is 0.958 bits per heavy atom. The molecule has 0 spiro atoms. The van der Waals surface area contributed by atoms with E-state index in [1.165, 1.54) is 0 Å². The van der Waals surface area contributed by atoms with Crippen LogP contribution in [0.4, 0.5) is 0 Å². The molecule has 0 bridgehead atoms. The lowest BCUT2D eigenvalue weighted by atomic mass is 10.0. The van der Waals surface area contributed by atoms with Gasteiger partial charge in [-0.05, 0) is 69.0 Å². The predicted molar refractivity (Wildman–Crippen MR) is 97.1 cm³/mol. The summed E-state index contributed by atoms with van der Waals surface area (Å²) >= 11 is 0. The topological polar surface area (TPSA) is 55.4 Å². The fourth-order valence-corrected chi connectivity index (χ4v) is 4.71. The van der Waals surface area contributed by atoms with Gasteiger partial charge in [-0.25, -0.2) is 13.1 Å². The number of nitrogens with one attached hydrogen (secondary N) is 1. The molecule has 0 saturated heterocycles. The van der Waals surface area contributed by atoms with Crippen molar-refractivity contribution in [2.24, 2.45) is 0 Å².